The first-order valence-electron chi connectivity index (χ1n) is 8.83. The van der Waals surface area contributed by atoms with Crippen molar-refractivity contribution in [3.05, 3.63) is 64.2 Å². The van der Waals surface area contributed by atoms with Gasteiger partial charge in [0.15, 0.2) is 0 Å². The highest BCUT2D eigenvalue weighted by molar-refractivity contribution is 6.30. The molecule has 5 heteroatoms. The number of carbonyl (C=O) groups is 2. The van der Waals surface area contributed by atoms with Gasteiger partial charge in [-0.25, -0.2) is 0 Å². The summed E-state index contributed by atoms with van der Waals surface area (Å²) in [5.74, 6) is -0.565. The molecule has 0 spiro atoms. The molecule has 136 valence electrons. The molecule has 2 aromatic rings. The molecule has 1 aliphatic carbocycles. The Morgan fingerprint density at radius 3 is 2.27 bits per heavy atom. The van der Waals surface area contributed by atoms with Crippen LogP contribution in [0.15, 0.2) is 42.5 Å². The van der Waals surface area contributed by atoms with E-state index < -0.39 is 0 Å². The number of hydrogen-bond donors (Lipinski definition) is 2. The average molecular weight is 371 g/mol. The molecular formula is C21H23ClN2O2. The summed E-state index contributed by atoms with van der Waals surface area (Å²) in [6.07, 6.45) is 1.36. The van der Waals surface area contributed by atoms with Crippen LogP contribution in [0.3, 0.4) is 0 Å². The van der Waals surface area contributed by atoms with Crippen LogP contribution in [-0.2, 0) is 16.0 Å². The van der Waals surface area contributed by atoms with Crippen molar-refractivity contribution in [3.63, 3.8) is 0 Å². The van der Waals surface area contributed by atoms with E-state index in [4.69, 9.17) is 11.6 Å². The largest absolute Gasteiger partial charge is 0.356 e. The molecule has 0 heterocycles. The fraction of sp³-hybridized carbons (Fsp3) is 0.333. The van der Waals surface area contributed by atoms with Crippen molar-refractivity contribution in [2.24, 2.45) is 11.8 Å². The summed E-state index contributed by atoms with van der Waals surface area (Å²) in [5, 5.41) is 6.55. The third-order valence-electron chi connectivity index (χ3n) is 4.58. The Bertz CT molecular complexity index is 797. The van der Waals surface area contributed by atoms with Crippen molar-refractivity contribution in [1.82, 2.24) is 5.32 Å². The molecule has 2 amide bonds. The number of anilines is 1. The number of hydrogen-bond acceptors (Lipinski definition) is 2. The first kappa shape index (κ1) is 18.5. The highest BCUT2D eigenvalue weighted by atomic mass is 35.5. The van der Waals surface area contributed by atoms with Gasteiger partial charge in [-0.15, -0.1) is 0 Å². The lowest BCUT2D eigenvalue weighted by molar-refractivity contribution is -0.125. The number of amides is 2. The lowest BCUT2D eigenvalue weighted by Crippen LogP contribution is -2.29. The smallest absolute Gasteiger partial charge is 0.228 e. The second-order valence-electron chi connectivity index (χ2n) is 6.98. The van der Waals surface area contributed by atoms with E-state index in [0.717, 1.165) is 28.8 Å². The van der Waals surface area contributed by atoms with Crippen LogP contribution in [0.5, 0.6) is 0 Å². The van der Waals surface area contributed by atoms with Crippen LogP contribution in [0.2, 0.25) is 5.02 Å². The average Bonchev–Trinajstić information content (AvgIpc) is 3.36. The van der Waals surface area contributed by atoms with Crippen molar-refractivity contribution >= 4 is 29.1 Å². The minimum absolute atomic E-state index is 0.0421. The Kier molecular flexibility index (Phi) is 5.62. The van der Waals surface area contributed by atoms with Crippen molar-refractivity contribution in [1.29, 1.82) is 0 Å². The first-order chi connectivity index (χ1) is 12.4. The van der Waals surface area contributed by atoms with Crippen molar-refractivity contribution in [2.75, 3.05) is 11.9 Å². The molecule has 2 unspecified atom stereocenters. The van der Waals surface area contributed by atoms with E-state index >= 15 is 0 Å². The van der Waals surface area contributed by atoms with Gasteiger partial charge in [0.25, 0.3) is 0 Å². The van der Waals surface area contributed by atoms with E-state index in [9.17, 15) is 9.59 Å². The molecule has 2 N–H and O–H groups in total. The van der Waals surface area contributed by atoms with Gasteiger partial charge in [-0.1, -0.05) is 29.8 Å². The molecule has 0 bridgehead atoms. The topological polar surface area (TPSA) is 58.2 Å². The number of aryl methyl sites for hydroxylation is 2. The van der Waals surface area contributed by atoms with Gasteiger partial charge in [-0.3, -0.25) is 9.59 Å². The summed E-state index contributed by atoms with van der Waals surface area (Å²) in [4.78, 5) is 24.5. The first-order valence-corrected chi connectivity index (χ1v) is 9.21. The van der Waals surface area contributed by atoms with Gasteiger partial charge in [-0.05, 0) is 67.6 Å². The summed E-state index contributed by atoms with van der Waals surface area (Å²) < 4.78 is 0. The van der Waals surface area contributed by atoms with Crippen molar-refractivity contribution < 1.29 is 9.59 Å². The predicted molar refractivity (Wildman–Crippen MR) is 104 cm³/mol. The highest BCUT2D eigenvalue weighted by Crippen LogP contribution is 2.39. The number of rotatable bonds is 6. The zero-order valence-corrected chi connectivity index (χ0v) is 15.8. The van der Waals surface area contributed by atoms with Crippen molar-refractivity contribution in [3.8, 4) is 0 Å². The van der Waals surface area contributed by atoms with Crippen LogP contribution in [0.1, 0.15) is 23.1 Å². The van der Waals surface area contributed by atoms with Gasteiger partial charge in [0.1, 0.15) is 0 Å². The Hall–Kier alpha value is -2.33. The van der Waals surface area contributed by atoms with Gasteiger partial charge < -0.3 is 10.6 Å². The molecule has 0 aliphatic heterocycles. The minimum Gasteiger partial charge on any atom is -0.356 e. The van der Waals surface area contributed by atoms with Crippen molar-refractivity contribution in [2.45, 2.75) is 26.7 Å². The molecule has 1 fully saturated rings. The molecule has 2 aromatic carbocycles. The fourth-order valence-electron chi connectivity index (χ4n) is 3.17. The van der Waals surface area contributed by atoms with Crippen LogP contribution in [-0.4, -0.2) is 18.4 Å². The van der Waals surface area contributed by atoms with Gasteiger partial charge in [-0.2, -0.15) is 0 Å². The second-order valence-corrected chi connectivity index (χ2v) is 7.42. The summed E-state index contributed by atoms with van der Waals surface area (Å²) in [7, 11) is 0. The van der Waals surface area contributed by atoms with Gasteiger partial charge in [0.05, 0.1) is 11.8 Å². The number of nitrogens with one attached hydrogen (secondary N) is 2. The molecular weight excluding hydrogens is 348 g/mol. The van der Waals surface area contributed by atoms with Gasteiger partial charge in [0.2, 0.25) is 11.8 Å². The third kappa shape index (κ3) is 4.85. The van der Waals surface area contributed by atoms with Crippen LogP contribution >= 0.6 is 11.6 Å². The molecule has 4 nitrogen and oxygen atoms in total. The van der Waals surface area contributed by atoms with Crippen LogP contribution < -0.4 is 10.6 Å². The summed E-state index contributed by atoms with van der Waals surface area (Å²) in [6, 6.07) is 13.5. The van der Waals surface area contributed by atoms with E-state index in [1.54, 1.807) is 0 Å². The Balaban J connectivity index is 1.44. The van der Waals surface area contributed by atoms with E-state index in [2.05, 4.69) is 16.7 Å². The number of benzene rings is 2. The monoisotopic (exact) mass is 370 g/mol. The maximum absolute atomic E-state index is 12.3. The minimum atomic E-state index is -0.230. The Labute approximate surface area is 158 Å². The summed E-state index contributed by atoms with van der Waals surface area (Å²) in [6.45, 7) is 4.55. The predicted octanol–water partition coefficient (Wildman–Crippen LogP) is 3.89. The molecule has 26 heavy (non-hydrogen) atoms. The van der Waals surface area contributed by atoms with E-state index in [0.29, 0.717) is 18.0 Å². The maximum Gasteiger partial charge on any atom is 0.228 e. The molecule has 0 saturated heterocycles. The summed E-state index contributed by atoms with van der Waals surface area (Å²) in [5.41, 5.74) is 4.12. The summed E-state index contributed by atoms with van der Waals surface area (Å²) >= 11 is 5.86. The zero-order chi connectivity index (χ0) is 18.7. The molecule has 1 aliphatic rings. The van der Waals surface area contributed by atoms with Crippen LogP contribution in [0, 0.1) is 25.7 Å². The molecule has 0 radical (unpaired) electrons. The van der Waals surface area contributed by atoms with Gasteiger partial charge >= 0.3 is 0 Å². The highest BCUT2D eigenvalue weighted by Gasteiger charge is 2.47. The number of carbonyl (C=O) groups excluding carboxylic acids is 2. The van der Waals surface area contributed by atoms with Gasteiger partial charge in [0, 0.05) is 17.3 Å². The van der Waals surface area contributed by atoms with E-state index in [1.807, 2.05) is 50.2 Å². The standard InChI is InChI=1S/C21H23ClN2O2/c1-13-9-14(2)11-17(10-13)24-21(26)19-12-18(19)20(25)23-8-7-15-3-5-16(22)6-4-15/h3-6,9-11,18-19H,7-8,12H2,1-2H3,(H,23,25)(H,24,26). The number of halogens is 1. The SMILES string of the molecule is Cc1cc(C)cc(NC(=O)C2CC2C(=O)NCCc2ccc(Cl)cc2)c1. The second kappa shape index (κ2) is 7.92. The molecule has 2 atom stereocenters. The molecule has 0 aromatic heterocycles. The quantitative estimate of drug-likeness (QED) is 0.810. The van der Waals surface area contributed by atoms with Crippen LogP contribution in [0.25, 0.3) is 0 Å². The zero-order valence-electron chi connectivity index (χ0n) is 15.0. The maximum atomic E-state index is 12.3. The molecule has 3 rings (SSSR count). The lowest BCUT2D eigenvalue weighted by Gasteiger charge is -2.08. The third-order valence-corrected chi connectivity index (χ3v) is 4.83. The Morgan fingerprint density at radius 1 is 1.00 bits per heavy atom. The Morgan fingerprint density at radius 2 is 1.62 bits per heavy atom. The van der Waals surface area contributed by atoms with E-state index in [1.165, 1.54) is 0 Å². The van der Waals surface area contributed by atoms with Crippen LogP contribution in [0.4, 0.5) is 5.69 Å². The van der Waals surface area contributed by atoms with E-state index in [-0.39, 0.29) is 23.7 Å². The lowest BCUT2D eigenvalue weighted by atomic mass is 10.1. The fourth-order valence-corrected chi connectivity index (χ4v) is 3.29. The normalized spacial score (nSPS) is 18.3. The molecule has 1 saturated carbocycles.